The second-order valence-electron chi connectivity index (χ2n) is 8.80. The molecule has 174 valence electrons. The number of nitrogens with one attached hydrogen (secondary N) is 1. The van der Waals surface area contributed by atoms with Crippen molar-refractivity contribution in [3.05, 3.63) is 24.3 Å². The molecule has 1 aliphatic carbocycles. The number of carbonyl (C=O) groups is 2. The van der Waals surface area contributed by atoms with Gasteiger partial charge in [-0.25, -0.2) is 4.79 Å². The van der Waals surface area contributed by atoms with E-state index < -0.39 is 35.5 Å². The molecule has 1 saturated carbocycles. The van der Waals surface area contributed by atoms with Crippen molar-refractivity contribution in [2.45, 2.75) is 73.7 Å². The lowest BCUT2D eigenvalue weighted by Crippen LogP contribution is -2.50. The number of hydrogen-bond donors (Lipinski definition) is 1. The van der Waals surface area contributed by atoms with Crippen LogP contribution in [0.2, 0.25) is 0 Å². The summed E-state index contributed by atoms with van der Waals surface area (Å²) in [4.78, 5) is 27.2. The summed E-state index contributed by atoms with van der Waals surface area (Å²) in [7, 11) is 0. The maximum absolute atomic E-state index is 12.9. The van der Waals surface area contributed by atoms with Gasteiger partial charge in [0.25, 0.3) is 0 Å². The Morgan fingerprint density at radius 1 is 1.25 bits per heavy atom. The number of benzene rings is 1. The predicted molar refractivity (Wildman–Crippen MR) is 110 cm³/mol. The largest absolute Gasteiger partial charge is 0.573 e. The van der Waals surface area contributed by atoms with E-state index in [0.29, 0.717) is 12.8 Å². The van der Waals surface area contributed by atoms with E-state index in [-0.39, 0.29) is 28.9 Å². The Bertz CT molecular complexity index is 922. The molecule has 1 aromatic carbocycles. The summed E-state index contributed by atoms with van der Waals surface area (Å²) in [6.07, 6.45) is -4.27. The van der Waals surface area contributed by atoms with E-state index in [0.717, 1.165) is 11.8 Å². The summed E-state index contributed by atoms with van der Waals surface area (Å²) in [6, 6.07) is 6.89. The molecule has 1 aromatic rings. The monoisotopic (exact) mass is 471 g/mol. The summed E-state index contributed by atoms with van der Waals surface area (Å²) < 4.78 is 47.8. The smallest absolute Gasteiger partial charge is 0.444 e. The van der Waals surface area contributed by atoms with Crippen LogP contribution in [0, 0.1) is 11.3 Å². The van der Waals surface area contributed by atoms with Crippen LogP contribution >= 0.6 is 11.8 Å². The minimum Gasteiger partial charge on any atom is -0.444 e. The third-order valence-electron chi connectivity index (χ3n) is 4.89. The predicted octanol–water partition coefficient (Wildman–Crippen LogP) is 4.23. The molecule has 3 rings (SSSR count). The Hall–Kier alpha value is -2.61. The highest BCUT2D eigenvalue weighted by atomic mass is 32.2. The average Bonchev–Trinajstić information content (AvgIpc) is 3.30. The Morgan fingerprint density at radius 3 is 2.47 bits per heavy atom. The Kier molecular flexibility index (Phi) is 6.56. The summed E-state index contributed by atoms with van der Waals surface area (Å²) in [5.41, 5.74) is -1.70. The molecule has 0 radical (unpaired) electrons. The number of likely N-dealkylation sites (tertiary alicyclic amines) is 1. The normalized spacial score (nSPS) is 22.1. The van der Waals surface area contributed by atoms with Gasteiger partial charge in [-0.05, 0) is 52.2 Å². The van der Waals surface area contributed by atoms with Crippen molar-refractivity contribution < 1.29 is 32.2 Å². The summed E-state index contributed by atoms with van der Waals surface area (Å²) >= 11 is 1.10. The molecule has 1 heterocycles. The van der Waals surface area contributed by atoms with Gasteiger partial charge in [0.15, 0.2) is 0 Å². The quantitative estimate of drug-likeness (QED) is 0.691. The van der Waals surface area contributed by atoms with Crippen LogP contribution in [0.3, 0.4) is 0 Å². The molecule has 2 fully saturated rings. The second-order valence-corrected chi connectivity index (χ2v) is 10.1. The molecule has 2 atom stereocenters. The van der Waals surface area contributed by atoms with Crippen LogP contribution in [0.1, 0.15) is 40.0 Å². The first-order valence-electron chi connectivity index (χ1n) is 10.1. The summed E-state index contributed by atoms with van der Waals surface area (Å²) in [5, 5.41) is 11.6. The van der Waals surface area contributed by atoms with Crippen LogP contribution in [0.5, 0.6) is 5.75 Å². The van der Waals surface area contributed by atoms with Gasteiger partial charge in [-0.1, -0.05) is 12.1 Å². The van der Waals surface area contributed by atoms with E-state index in [1.165, 1.54) is 23.1 Å². The molecule has 2 unspecified atom stereocenters. The van der Waals surface area contributed by atoms with Crippen LogP contribution in [-0.2, 0) is 9.53 Å². The first-order valence-corrected chi connectivity index (χ1v) is 10.9. The Labute approximate surface area is 188 Å². The highest BCUT2D eigenvalue weighted by Crippen LogP contribution is 2.40. The van der Waals surface area contributed by atoms with E-state index in [1.807, 2.05) is 0 Å². The first kappa shape index (κ1) is 24.0. The van der Waals surface area contributed by atoms with Crippen LogP contribution in [-0.4, -0.2) is 52.2 Å². The van der Waals surface area contributed by atoms with Crippen LogP contribution in [0.15, 0.2) is 29.2 Å². The highest BCUT2D eigenvalue weighted by Gasteiger charge is 2.49. The summed E-state index contributed by atoms with van der Waals surface area (Å²) in [6.45, 7) is 5.18. The van der Waals surface area contributed by atoms with E-state index in [4.69, 9.17) is 4.74 Å². The van der Waals surface area contributed by atoms with Crippen LogP contribution in [0.4, 0.5) is 18.0 Å². The fourth-order valence-electron chi connectivity index (χ4n) is 3.30. The van der Waals surface area contributed by atoms with Gasteiger partial charge in [0, 0.05) is 11.8 Å². The Balaban J connectivity index is 1.78. The van der Waals surface area contributed by atoms with Crippen molar-refractivity contribution >= 4 is 23.8 Å². The van der Waals surface area contributed by atoms with Gasteiger partial charge in [-0.15, -0.1) is 24.9 Å². The third-order valence-corrected chi connectivity index (χ3v) is 6.15. The molecular formula is C21H24F3N3O4S. The van der Waals surface area contributed by atoms with Gasteiger partial charge in [-0.3, -0.25) is 9.69 Å². The number of ether oxygens (including phenoxy) is 2. The van der Waals surface area contributed by atoms with Crippen molar-refractivity contribution in [2.75, 3.05) is 6.54 Å². The van der Waals surface area contributed by atoms with Gasteiger partial charge in [0.2, 0.25) is 5.91 Å². The van der Waals surface area contributed by atoms with E-state index in [9.17, 15) is 28.0 Å². The summed E-state index contributed by atoms with van der Waals surface area (Å²) in [5.74, 6) is -0.819. The van der Waals surface area contributed by atoms with Crippen molar-refractivity contribution in [3.63, 3.8) is 0 Å². The molecule has 0 bridgehead atoms. The molecule has 2 amide bonds. The average molecular weight is 472 g/mol. The number of carbonyl (C=O) groups excluding carboxylic acids is 2. The number of nitrogens with zero attached hydrogens (tertiary/aromatic N) is 2. The molecule has 1 aliphatic heterocycles. The maximum Gasteiger partial charge on any atom is 0.573 e. The number of para-hydroxylation sites is 1. The molecule has 1 N–H and O–H groups in total. The standard InChI is InChI=1S/C21H24F3N3O4S/c1-19(2,3)31-18(29)27-11-13(10-14(27)17(28)26-20(12-25)8-9-20)32-16-7-5-4-6-15(16)30-21(22,23)24/h4-7,13-14H,8-11H2,1-3H3,(H,26,28). The number of alkyl halides is 3. The SMILES string of the molecule is CC(C)(C)OC(=O)N1CC(Sc2ccccc2OC(F)(F)F)CC1C(=O)NC1(C#N)CC1. The maximum atomic E-state index is 12.9. The number of halogens is 3. The number of nitriles is 1. The zero-order valence-corrected chi connectivity index (χ0v) is 18.7. The van der Waals surface area contributed by atoms with Crippen molar-refractivity contribution in [2.24, 2.45) is 0 Å². The number of hydrogen-bond acceptors (Lipinski definition) is 6. The molecule has 7 nitrogen and oxygen atoms in total. The zero-order valence-electron chi connectivity index (χ0n) is 17.9. The van der Waals surface area contributed by atoms with E-state index in [1.54, 1.807) is 26.8 Å². The first-order chi connectivity index (χ1) is 14.8. The Morgan fingerprint density at radius 2 is 1.91 bits per heavy atom. The van der Waals surface area contributed by atoms with Gasteiger partial charge in [0.1, 0.15) is 22.9 Å². The lowest BCUT2D eigenvalue weighted by Gasteiger charge is -2.28. The minimum atomic E-state index is -4.84. The molecule has 0 spiro atoms. The topological polar surface area (TPSA) is 91.7 Å². The number of amides is 2. The number of thioether (sulfide) groups is 1. The molecule has 1 saturated heterocycles. The van der Waals surface area contributed by atoms with Gasteiger partial charge in [-0.2, -0.15) is 5.26 Å². The number of rotatable bonds is 5. The van der Waals surface area contributed by atoms with Gasteiger partial charge < -0.3 is 14.8 Å². The van der Waals surface area contributed by atoms with Crippen molar-refractivity contribution in [1.82, 2.24) is 10.2 Å². The van der Waals surface area contributed by atoms with Crippen molar-refractivity contribution in [3.8, 4) is 11.8 Å². The van der Waals surface area contributed by atoms with Gasteiger partial charge >= 0.3 is 12.5 Å². The lowest BCUT2D eigenvalue weighted by molar-refractivity contribution is -0.275. The van der Waals surface area contributed by atoms with Crippen LogP contribution < -0.4 is 10.1 Å². The third kappa shape index (κ3) is 6.22. The fraction of sp³-hybridized carbons (Fsp3) is 0.571. The molecule has 32 heavy (non-hydrogen) atoms. The second kappa shape index (κ2) is 8.73. The van der Waals surface area contributed by atoms with Crippen molar-refractivity contribution in [1.29, 1.82) is 5.26 Å². The molecule has 11 heteroatoms. The zero-order chi connectivity index (χ0) is 23.7. The highest BCUT2D eigenvalue weighted by molar-refractivity contribution is 8.00. The van der Waals surface area contributed by atoms with Gasteiger partial charge in [0.05, 0.1) is 11.0 Å². The minimum absolute atomic E-state index is 0.0948. The molecule has 2 aliphatic rings. The molecule has 0 aromatic heterocycles. The van der Waals surface area contributed by atoms with E-state index >= 15 is 0 Å². The van der Waals surface area contributed by atoms with E-state index in [2.05, 4.69) is 16.1 Å². The lowest BCUT2D eigenvalue weighted by atomic mass is 10.2. The molecular weight excluding hydrogens is 447 g/mol. The fourth-order valence-corrected chi connectivity index (χ4v) is 4.55. The van der Waals surface area contributed by atoms with Crippen LogP contribution in [0.25, 0.3) is 0 Å².